The third-order valence-corrected chi connectivity index (χ3v) is 16.2. The van der Waals surface area contributed by atoms with Crippen molar-refractivity contribution in [2.75, 3.05) is 80.1 Å². The average molecular weight is 985 g/mol. The number of amides is 2. The van der Waals surface area contributed by atoms with Crippen molar-refractivity contribution in [3.63, 3.8) is 0 Å². The molecule has 6 heterocycles. The SMILES string of the molecule is CCc1ccc2c(P(C)(C)=O)c(Nc3nc(Nc4cc(CC)c(N5CCC(N6CC7(CCN(c8cc(F)c([C@H]9CCC(=O)NC9=O)c(F)c8)CC7)C6)CC5)cc4OC)ncc3Br)ccc2n1. The van der Waals surface area contributed by atoms with Gasteiger partial charge in [-0.05, 0) is 122 Å². The Balaban J connectivity index is 0.818. The second-order valence-electron chi connectivity index (χ2n) is 18.6. The molecule has 0 bridgehead atoms. The zero-order chi connectivity index (χ0) is 46.5. The molecule has 5 aromatic rings. The highest BCUT2D eigenvalue weighted by atomic mass is 79.9. The van der Waals surface area contributed by atoms with Crippen LogP contribution in [0.3, 0.4) is 0 Å². The normalized spacial score (nSPS) is 19.2. The van der Waals surface area contributed by atoms with Gasteiger partial charge in [-0.15, -0.1) is 0 Å². The number of nitrogens with zero attached hydrogens (tertiary/aromatic N) is 6. The van der Waals surface area contributed by atoms with Gasteiger partial charge in [0.05, 0.1) is 34.4 Å². The predicted octanol–water partition coefficient (Wildman–Crippen LogP) is 9.03. The van der Waals surface area contributed by atoms with E-state index in [2.05, 4.69) is 72.6 Å². The van der Waals surface area contributed by atoms with Gasteiger partial charge in [-0.1, -0.05) is 19.9 Å². The number of aromatic nitrogens is 3. The molecule has 0 radical (unpaired) electrons. The number of likely N-dealkylation sites (tertiary alicyclic amines) is 1. The van der Waals surface area contributed by atoms with Crippen LogP contribution < -0.4 is 35.8 Å². The van der Waals surface area contributed by atoms with Crippen LogP contribution >= 0.6 is 23.1 Å². The molecule has 1 atom stereocenters. The van der Waals surface area contributed by atoms with Crippen molar-refractivity contribution in [1.82, 2.24) is 25.2 Å². The molecule has 1 spiro atoms. The largest absolute Gasteiger partial charge is 0.494 e. The summed E-state index contributed by atoms with van der Waals surface area (Å²) in [6, 6.07) is 15.3. The van der Waals surface area contributed by atoms with Crippen LogP contribution in [0.4, 0.5) is 43.3 Å². The third-order valence-electron chi connectivity index (χ3n) is 14.1. The first-order valence-corrected chi connectivity index (χ1v) is 26.4. The second kappa shape index (κ2) is 18.5. The van der Waals surface area contributed by atoms with Crippen LogP contribution in [0.5, 0.6) is 5.75 Å². The monoisotopic (exact) mass is 983 g/mol. The fourth-order valence-electron chi connectivity index (χ4n) is 10.5. The van der Waals surface area contributed by atoms with Gasteiger partial charge in [0, 0.05) is 97.3 Å². The summed E-state index contributed by atoms with van der Waals surface area (Å²) in [6.45, 7) is 13.1. The smallest absolute Gasteiger partial charge is 0.234 e. The zero-order valence-corrected chi connectivity index (χ0v) is 40.6. The summed E-state index contributed by atoms with van der Waals surface area (Å²) in [5.41, 5.74) is 6.06. The molecule has 4 aliphatic heterocycles. The molecule has 17 heteroatoms. The van der Waals surface area contributed by atoms with E-state index in [0.29, 0.717) is 52.5 Å². The summed E-state index contributed by atoms with van der Waals surface area (Å²) >= 11 is 3.62. The number of methoxy groups -OCH3 is 1. The summed E-state index contributed by atoms with van der Waals surface area (Å²) in [6.07, 6.45) is 7.50. The number of piperidine rings is 3. The molecule has 0 saturated carbocycles. The Morgan fingerprint density at radius 3 is 2.27 bits per heavy atom. The van der Waals surface area contributed by atoms with Crippen molar-refractivity contribution < 1.29 is 27.7 Å². The third kappa shape index (κ3) is 9.12. The van der Waals surface area contributed by atoms with E-state index in [9.17, 15) is 14.2 Å². The minimum Gasteiger partial charge on any atom is -0.494 e. The lowest BCUT2D eigenvalue weighted by Gasteiger charge is -2.57. The van der Waals surface area contributed by atoms with E-state index in [1.807, 2.05) is 29.2 Å². The number of halogens is 3. The molecule has 348 valence electrons. The van der Waals surface area contributed by atoms with Crippen LogP contribution in [-0.4, -0.2) is 97.4 Å². The number of hydrogen-bond donors (Lipinski definition) is 3. The Morgan fingerprint density at radius 2 is 1.62 bits per heavy atom. The van der Waals surface area contributed by atoms with E-state index < -0.39 is 36.5 Å². The Morgan fingerprint density at radius 1 is 0.894 bits per heavy atom. The van der Waals surface area contributed by atoms with Gasteiger partial charge in [-0.25, -0.2) is 13.8 Å². The fourth-order valence-corrected chi connectivity index (χ4v) is 12.3. The molecule has 0 unspecified atom stereocenters. The summed E-state index contributed by atoms with van der Waals surface area (Å²) in [5, 5.41) is 10.6. The standard InChI is InChI=1S/C49H57BrF2N9O4P/c1-6-29-22-40(56-48-53-26-35(50)46(58-48)55-39-12-11-38-33(45(39)66(4,5)64)9-8-30(7-2)54-38)42(65-3)25-41(29)60-18-14-31(15-19-60)61-27-49(28-61)16-20-59(21-17-49)32-23-36(51)44(37(52)24-32)34-10-13-43(62)57-47(34)63/h8-9,11-12,22-26,31,34H,6-7,10,13-21,27-28H2,1-5H3,(H,57,62,63)(H2,53,55,56,58)/t34-/m1/s1. The van der Waals surface area contributed by atoms with Gasteiger partial charge >= 0.3 is 0 Å². The van der Waals surface area contributed by atoms with Crippen LogP contribution in [0.1, 0.15) is 75.1 Å². The van der Waals surface area contributed by atoms with E-state index >= 15 is 8.78 Å². The van der Waals surface area contributed by atoms with E-state index in [1.54, 1.807) is 26.6 Å². The molecular formula is C49H57BrF2N9O4P. The average Bonchev–Trinajstić information content (AvgIpc) is 3.29. The summed E-state index contributed by atoms with van der Waals surface area (Å²) < 4.78 is 51.0. The molecule has 4 saturated heterocycles. The molecule has 66 heavy (non-hydrogen) atoms. The second-order valence-corrected chi connectivity index (χ2v) is 22.7. The molecule has 3 aromatic carbocycles. The van der Waals surface area contributed by atoms with Crippen molar-refractivity contribution in [2.24, 2.45) is 5.41 Å². The number of nitrogens with one attached hydrogen (secondary N) is 3. The predicted molar refractivity (Wildman–Crippen MR) is 261 cm³/mol. The molecule has 13 nitrogen and oxygen atoms in total. The van der Waals surface area contributed by atoms with Gasteiger partial charge in [0.1, 0.15) is 30.3 Å². The maximum atomic E-state index is 15.3. The Bertz CT molecular complexity index is 2720. The number of ether oxygens (including phenoxy) is 1. The molecule has 2 aromatic heterocycles. The van der Waals surface area contributed by atoms with Gasteiger partial charge in [0.15, 0.2) is 0 Å². The molecule has 2 amide bonds. The first-order chi connectivity index (χ1) is 31.6. The molecule has 4 fully saturated rings. The Kier molecular flexibility index (Phi) is 12.9. The highest BCUT2D eigenvalue weighted by Gasteiger charge is 2.47. The van der Waals surface area contributed by atoms with Crippen molar-refractivity contribution in [3.8, 4) is 5.75 Å². The van der Waals surface area contributed by atoms with Gasteiger partial charge in [0.25, 0.3) is 0 Å². The number of anilines is 6. The van der Waals surface area contributed by atoms with Crippen LogP contribution in [0.25, 0.3) is 10.9 Å². The lowest BCUT2D eigenvalue weighted by atomic mass is 9.70. The van der Waals surface area contributed by atoms with E-state index in [-0.39, 0.29) is 23.8 Å². The molecule has 3 N–H and O–H groups in total. The number of aryl methyl sites for hydroxylation is 2. The number of benzene rings is 3. The zero-order valence-electron chi connectivity index (χ0n) is 38.1. The number of carbonyl (C=O) groups excluding carboxylic acids is 2. The first kappa shape index (κ1) is 46.0. The topological polar surface area (TPSA) is 145 Å². The number of rotatable bonds is 12. The minimum absolute atomic E-state index is 0.0637. The highest BCUT2D eigenvalue weighted by molar-refractivity contribution is 9.10. The van der Waals surface area contributed by atoms with Crippen LogP contribution in [0.15, 0.2) is 59.2 Å². The van der Waals surface area contributed by atoms with Crippen LogP contribution in [-0.2, 0) is 27.0 Å². The Hall–Kier alpha value is -5.18. The van der Waals surface area contributed by atoms with Crippen LogP contribution in [0, 0.1) is 17.0 Å². The van der Waals surface area contributed by atoms with Crippen molar-refractivity contribution >= 4 is 85.6 Å². The van der Waals surface area contributed by atoms with Crippen molar-refractivity contribution in [1.29, 1.82) is 0 Å². The number of carbonyl (C=O) groups is 2. The fraction of sp³-hybridized carbons (Fsp3) is 0.449. The van der Waals surface area contributed by atoms with Gasteiger partial charge in [0.2, 0.25) is 17.8 Å². The van der Waals surface area contributed by atoms with Gasteiger partial charge in [-0.3, -0.25) is 24.8 Å². The number of imide groups is 1. The quantitative estimate of drug-likeness (QED) is 0.0811. The maximum absolute atomic E-state index is 15.3. The number of hydrogen-bond acceptors (Lipinski definition) is 12. The lowest BCUT2D eigenvalue weighted by Crippen LogP contribution is -2.64. The van der Waals surface area contributed by atoms with Gasteiger partial charge in [-0.2, -0.15) is 4.98 Å². The Labute approximate surface area is 393 Å². The first-order valence-electron chi connectivity index (χ1n) is 23.0. The summed E-state index contributed by atoms with van der Waals surface area (Å²) in [5.74, 6) is -1.95. The lowest BCUT2D eigenvalue weighted by molar-refractivity contribution is -0.134. The molecule has 9 rings (SSSR count). The molecule has 4 aliphatic rings. The van der Waals surface area contributed by atoms with Gasteiger partial charge < -0.3 is 29.7 Å². The van der Waals surface area contributed by atoms with Crippen molar-refractivity contribution in [3.05, 3.63) is 87.7 Å². The highest BCUT2D eigenvalue weighted by Crippen LogP contribution is 2.46. The number of pyridine rings is 1. The maximum Gasteiger partial charge on any atom is 0.234 e. The van der Waals surface area contributed by atoms with E-state index in [1.165, 1.54) is 17.7 Å². The van der Waals surface area contributed by atoms with E-state index in [0.717, 1.165) is 98.0 Å². The molecule has 0 aliphatic carbocycles. The molecular weight excluding hydrogens is 927 g/mol. The number of fused-ring (bicyclic) bond motifs is 1. The summed E-state index contributed by atoms with van der Waals surface area (Å²) in [7, 11) is -1.07. The van der Waals surface area contributed by atoms with Crippen LogP contribution in [0.2, 0.25) is 0 Å². The minimum atomic E-state index is -2.75. The summed E-state index contributed by atoms with van der Waals surface area (Å²) in [4.78, 5) is 45.3. The van der Waals surface area contributed by atoms with Crippen molar-refractivity contribution in [2.45, 2.75) is 77.2 Å². The van der Waals surface area contributed by atoms with E-state index in [4.69, 9.17) is 14.7 Å².